The Kier molecular flexibility index (Phi) is 5.02. The Morgan fingerprint density at radius 3 is 2.62 bits per heavy atom. The maximum Gasteiger partial charge on any atom is 0.281 e. The van der Waals surface area contributed by atoms with E-state index < -0.39 is 0 Å². The monoisotopic (exact) mass is 354 g/mol. The molecular weight excluding hydrogens is 336 g/mol. The van der Waals surface area contributed by atoms with E-state index in [0.717, 1.165) is 17.7 Å². The van der Waals surface area contributed by atoms with Crippen LogP contribution in [0.25, 0.3) is 6.08 Å². The Balaban J connectivity index is 1.89. The molecule has 0 bridgehead atoms. The molecule has 0 aliphatic carbocycles. The molecule has 0 spiro atoms. The van der Waals surface area contributed by atoms with Crippen molar-refractivity contribution in [2.75, 3.05) is 11.2 Å². The van der Waals surface area contributed by atoms with E-state index in [1.807, 2.05) is 60.9 Å². The number of carbonyl (C=O) groups excluding carboxylic acids is 1. The largest absolute Gasteiger partial charge is 0.327 e. The first-order valence-electron chi connectivity index (χ1n) is 7.72. The van der Waals surface area contributed by atoms with Gasteiger partial charge in [-0.3, -0.25) is 9.69 Å². The molecule has 24 heavy (non-hydrogen) atoms. The first-order chi connectivity index (χ1) is 11.6. The van der Waals surface area contributed by atoms with Gasteiger partial charge < -0.3 is 5.32 Å². The number of nitrogens with one attached hydrogen (secondary N) is 1. The van der Waals surface area contributed by atoms with Gasteiger partial charge in [0, 0.05) is 4.90 Å². The molecule has 0 unspecified atom stereocenters. The van der Waals surface area contributed by atoms with Crippen molar-refractivity contribution in [3.8, 4) is 0 Å². The summed E-state index contributed by atoms with van der Waals surface area (Å²) in [5.41, 5.74) is 3.44. The molecule has 2 aromatic carbocycles. The summed E-state index contributed by atoms with van der Waals surface area (Å²) in [6.45, 7) is 2.09. The van der Waals surface area contributed by atoms with Gasteiger partial charge in [0.05, 0.1) is 5.69 Å². The first-order valence-corrected chi connectivity index (χ1v) is 9.36. The van der Waals surface area contributed by atoms with Gasteiger partial charge in [0.2, 0.25) is 0 Å². The summed E-state index contributed by atoms with van der Waals surface area (Å²) in [5, 5.41) is 3.45. The summed E-state index contributed by atoms with van der Waals surface area (Å²) in [4.78, 5) is 15.5. The highest BCUT2D eigenvalue weighted by Crippen LogP contribution is 2.24. The maximum atomic E-state index is 12.7. The third kappa shape index (κ3) is 3.37. The number of thioether (sulfide) groups is 1. The van der Waals surface area contributed by atoms with E-state index in [4.69, 9.17) is 12.2 Å². The van der Waals surface area contributed by atoms with Gasteiger partial charge in [-0.15, -0.1) is 11.8 Å². The Labute approximate surface area is 151 Å². The minimum absolute atomic E-state index is 0.123. The number of rotatable bonds is 4. The smallest absolute Gasteiger partial charge is 0.281 e. The van der Waals surface area contributed by atoms with Crippen molar-refractivity contribution in [3.63, 3.8) is 0 Å². The number of benzene rings is 2. The van der Waals surface area contributed by atoms with E-state index in [9.17, 15) is 4.79 Å². The molecule has 0 saturated carbocycles. The van der Waals surface area contributed by atoms with Crippen LogP contribution in [0.2, 0.25) is 0 Å². The molecule has 1 saturated heterocycles. The van der Waals surface area contributed by atoms with Crippen molar-refractivity contribution in [1.29, 1.82) is 0 Å². The van der Waals surface area contributed by atoms with Gasteiger partial charge in [0.15, 0.2) is 5.11 Å². The highest BCUT2D eigenvalue weighted by molar-refractivity contribution is 7.98. The number of hydrogen-bond acceptors (Lipinski definition) is 3. The Hall–Kier alpha value is -2.11. The predicted octanol–water partition coefficient (Wildman–Crippen LogP) is 4.23. The van der Waals surface area contributed by atoms with Gasteiger partial charge in [0.25, 0.3) is 5.91 Å². The molecule has 1 N–H and O–H groups in total. The van der Waals surface area contributed by atoms with Gasteiger partial charge in [-0.2, -0.15) is 0 Å². The number of nitrogens with zero attached hydrogens (tertiary/aromatic N) is 1. The zero-order chi connectivity index (χ0) is 17.1. The van der Waals surface area contributed by atoms with Crippen LogP contribution in [0.5, 0.6) is 0 Å². The summed E-state index contributed by atoms with van der Waals surface area (Å²) in [5.74, 6) is -0.123. The summed E-state index contributed by atoms with van der Waals surface area (Å²) in [6.07, 6.45) is 4.79. The summed E-state index contributed by atoms with van der Waals surface area (Å²) in [6, 6.07) is 16.0. The van der Waals surface area contributed by atoms with Crippen molar-refractivity contribution in [1.82, 2.24) is 5.32 Å². The highest BCUT2D eigenvalue weighted by atomic mass is 32.2. The SMILES string of the molecule is CCc1cccc(N2C(=O)/C(=C\c3ccc(SC)cc3)NC2=S)c1. The minimum atomic E-state index is -0.123. The molecule has 0 radical (unpaired) electrons. The molecule has 0 atom stereocenters. The molecule has 1 fully saturated rings. The fourth-order valence-electron chi connectivity index (χ4n) is 2.55. The Morgan fingerprint density at radius 1 is 1.21 bits per heavy atom. The third-order valence-corrected chi connectivity index (χ3v) is 4.91. The second-order valence-corrected chi connectivity index (χ2v) is 6.69. The second-order valence-electron chi connectivity index (χ2n) is 5.43. The van der Waals surface area contributed by atoms with Crippen molar-refractivity contribution in [3.05, 3.63) is 65.4 Å². The second kappa shape index (κ2) is 7.20. The van der Waals surface area contributed by atoms with Crippen LogP contribution in [0.1, 0.15) is 18.1 Å². The Morgan fingerprint density at radius 2 is 1.96 bits per heavy atom. The molecule has 0 aromatic heterocycles. The zero-order valence-electron chi connectivity index (χ0n) is 13.6. The molecule has 3 rings (SSSR count). The van der Waals surface area contributed by atoms with Crippen LogP contribution in [0.3, 0.4) is 0 Å². The number of carbonyl (C=O) groups is 1. The molecule has 3 nitrogen and oxygen atoms in total. The van der Waals surface area contributed by atoms with Gasteiger partial charge in [-0.25, -0.2) is 0 Å². The molecule has 122 valence electrons. The van der Waals surface area contributed by atoms with Gasteiger partial charge in [-0.05, 0) is 66.4 Å². The normalized spacial score (nSPS) is 15.9. The average molecular weight is 354 g/mol. The summed E-state index contributed by atoms with van der Waals surface area (Å²) >= 11 is 7.05. The van der Waals surface area contributed by atoms with Crippen LogP contribution in [0, 0.1) is 0 Å². The van der Waals surface area contributed by atoms with Gasteiger partial charge in [-0.1, -0.05) is 31.2 Å². The summed E-state index contributed by atoms with van der Waals surface area (Å²) in [7, 11) is 0. The van der Waals surface area contributed by atoms with Crippen molar-refractivity contribution in [2.24, 2.45) is 0 Å². The molecule has 1 heterocycles. The Bertz CT molecular complexity index is 812. The van der Waals surface area contributed by atoms with Crippen molar-refractivity contribution in [2.45, 2.75) is 18.2 Å². The highest BCUT2D eigenvalue weighted by Gasteiger charge is 2.31. The number of amides is 1. The lowest BCUT2D eigenvalue weighted by Gasteiger charge is -2.14. The standard InChI is InChI=1S/C19H18N2OS2/c1-3-13-5-4-6-15(11-13)21-18(22)17(20-19(21)23)12-14-7-9-16(24-2)10-8-14/h4-12H,3H2,1-2H3,(H,20,23)/b17-12+. The maximum absolute atomic E-state index is 12.7. The van der Waals surface area contributed by atoms with Crippen LogP contribution < -0.4 is 10.2 Å². The quantitative estimate of drug-likeness (QED) is 0.506. The van der Waals surface area contributed by atoms with Crippen molar-refractivity contribution < 1.29 is 4.79 Å². The van der Waals surface area contributed by atoms with Crippen LogP contribution in [0.4, 0.5) is 5.69 Å². The lowest BCUT2D eigenvalue weighted by molar-refractivity contribution is -0.113. The summed E-state index contributed by atoms with van der Waals surface area (Å²) < 4.78 is 0. The lowest BCUT2D eigenvalue weighted by atomic mass is 10.1. The molecule has 2 aromatic rings. The van der Waals surface area contributed by atoms with Crippen LogP contribution in [0.15, 0.2) is 59.1 Å². The van der Waals surface area contributed by atoms with Gasteiger partial charge >= 0.3 is 0 Å². The van der Waals surface area contributed by atoms with Crippen LogP contribution >= 0.6 is 24.0 Å². The number of hydrogen-bond donors (Lipinski definition) is 1. The molecule has 1 aliphatic rings. The molecule has 5 heteroatoms. The number of thiocarbonyl (C=S) groups is 1. The average Bonchev–Trinajstić information content (AvgIpc) is 2.89. The topological polar surface area (TPSA) is 32.3 Å². The first kappa shape index (κ1) is 16.7. The molecule has 1 aliphatic heterocycles. The van der Waals surface area contributed by atoms with Gasteiger partial charge in [0.1, 0.15) is 5.70 Å². The van der Waals surface area contributed by atoms with E-state index >= 15 is 0 Å². The van der Waals surface area contributed by atoms with E-state index in [2.05, 4.69) is 12.2 Å². The van der Waals surface area contributed by atoms with E-state index in [1.165, 1.54) is 10.5 Å². The van der Waals surface area contributed by atoms with Crippen LogP contribution in [-0.4, -0.2) is 17.3 Å². The van der Waals surface area contributed by atoms with Crippen molar-refractivity contribution >= 4 is 46.8 Å². The third-order valence-electron chi connectivity index (χ3n) is 3.88. The fraction of sp³-hybridized carbons (Fsp3) is 0.158. The molecular formula is C19H18N2OS2. The van der Waals surface area contributed by atoms with Crippen LogP contribution in [-0.2, 0) is 11.2 Å². The lowest BCUT2D eigenvalue weighted by Crippen LogP contribution is -2.30. The van der Waals surface area contributed by atoms with E-state index in [1.54, 1.807) is 16.7 Å². The number of aryl methyl sites for hydroxylation is 1. The zero-order valence-corrected chi connectivity index (χ0v) is 15.2. The fourth-order valence-corrected chi connectivity index (χ4v) is 3.26. The number of anilines is 1. The molecule has 1 amide bonds. The predicted molar refractivity (Wildman–Crippen MR) is 105 cm³/mol. The minimum Gasteiger partial charge on any atom is -0.327 e. The van der Waals surface area contributed by atoms with E-state index in [0.29, 0.717) is 10.8 Å². The van der Waals surface area contributed by atoms with E-state index in [-0.39, 0.29) is 5.91 Å².